The van der Waals surface area contributed by atoms with Crippen LogP contribution in [0, 0.1) is 5.92 Å². The molecule has 8 heavy (non-hydrogen) atoms. The summed E-state index contributed by atoms with van der Waals surface area (Å²) in [5.74, 6) is -1.02. The van der Waals surface area contributed by atoms with Crippen molar-refractivity contribution in [2.45, 2.75) is 6.92 Å². The Hall–Kier alpha value is 0.444. The Bertz CT molecular complexity index is 76.4. The van der Waals surface area contributed by atoms with Crippen LogP contribution in [-0.4, -0.2) is 16.4 Å². The molecule has 0 bridgehead atoms. The number of halogens is 1. The molecule has 0 amide bonds. The van der Waals surface area contributed by atoms with Crippen molar-refractivity contribution >= 4 is 21.9 Å². The second-order valence-electron chi connectivity index (χ2n) is 1.39. The summed E-state index contributed by atoms with van der Waals surface area (Å²) < 4.78 is 0. The van der Waals surface area contributed by atoms with Gasteiger partial charge in [0.1, 0.15) is 0 Å². The first-order valence-electron chi connectivity index (χ1n) is 1.97. The van der Waals surface area contributed by atoms with E-state index in [1.54, 1.807) is 6.92 Å². The van der Waals surface area contributed by atoms with Crippen molar-refractivity contribution in [1.82, 2.24) is 0 Å². The number of carboxylic acid groups (broad SMARTS) is 1. The van der Waals surface area contributed by atoms with Gasteiger partial charge >= 0.3 is 5.97 Å². The number of hydrogen-bond acceptors (Lipinski definition) is 1. The van der Waals surface area contributed by atoms with Crippen LogP contribution in [0.15, 0.2) is 0 Å². The summed E-state index contributed by atoms with van der Waals surface area (Å²) in [4.78, 5) is 9.90. The van der Waals surface area contributed by atoms with E-state index in [1.165, 1.54) is 0 Å². The third-order valence-electron chi connectivity index (χ3n) is 0.653. The molecule has 0 saturated heterocycles. The fourth-order valence-corrected chi connectivity index (χ4v) is 0.343. The maximum Gasteiger partial charge on any atom is 0.307 e. The molecule has 1 atom stereocenters. The van der Waals surface area contributed by atoms with Crippen molar-refractivity contribution < 1.29 is 26.4 Å². The second kappa shape index (κ2) is 5.58. The second-order valence-corrected chi connectivity index (χ2v) is 2.04. The van der Waals surface area contributed by atoms with Gasteiger partial charge in [-0.1, -0.05) is 22.9 Å². The number of alkyl halides is 1. The molecule has 1 unspecified atom stereocenters. The van der Waals surface area contributed by atoms with Crippen LogP contribution in [0.4, 0.5) is 0 Å². The van der Waals surface area contributed by atoms with Crippen molar-refractivity contribution in [3.63, 3.8) is 0 Å². The van der Waals surface area contributed by atoms with Crippen molar-refractivity contribution in [1.29, 1.82) is 0 Å². The third kappa shape index (κ3) is 4.60. The van der Waals surface area contributed by atoms with Gasteiger partial charge in [-0.05, 0) is 0 Å². The van der Waals surface area contributed by atoms with Gasteiger partial charge in [0.05, 0.1) is 5.92 Å². The van der Waals surface area contributed by atoms with E-state index in [2.05, 4.69) is 15.9 Å². The Morgan fingerprint density at radius 2 is 2.25 bits per heavy atom. The first-order chi connectivity index (χ1) is 3.18. The maximum atomic E-state index is 9.90. The van der Waals surface area contributed by atoms with E-state index in [0.717, 1.165) is 0 Å². The minimum atomic E-state index is -0.753. The monoisotopic (exact) mass is 224 g/mol. The molecular formula is C4H7BrNiO2. The molecule has 0 heterocycles. The van der Waals surface area contributed by atoms with Gasteiger partial charge < -0.3 is 5.11 Å². The van der Waals surface area contributed by atoms with Gasteiger partial charge in [0, 0.05) is 21.8 Å². The minimum Gasteiger partial charge on any atom is -0.481 e. The molecule has 0 aromatic carbocycles. The quantitative estimate of drug-likeness (QED) is 0.565. The summed E-state index contributed by atoms with van der Waals surface area (Å²) in [6, 6.07) is 0. The van der Waals surface area contributed by atoms with E-state index in [9.17, 15) is 4.79 Å². The molecule has 0 saturated carbocycles. The largest absolute Gasteiger partial charge is 0.481 e. The summed E-state index contributed by atoms with van der Waals surface area (Å²) in [6.45, 7) is 1.65. The smallest absolute Gasteiger partial charge is 0.307 e. The van der Waals surface area contributed by atoms with Gasteiger partial charge in [-0.3, -0.25) is 4.79 Å². The van der Waals surface area contributed by atoms with Crippen molar-refractivity contribution in [3.05, 3.63) is 0 Å². The van der Waals surface area contributed by atoms with Crippen LogP contribution in [-0.2, 0) is 21.3 Å². The molecule has 0 rings (SSSR count). The zero-order valence-corrected chi connectivity index (χ0v) is 6.91. The summed E-state index contributed by atoms with van der Waals surface area (Å²) >= 11 is 3.03. The molecule has 1 N–H and O–H groups in total. The van der Waals surface area contributed by atoms with Gasteiger partial charge in [0.15, 0.2) is 0 Å². The van der Waals surface area contributed by atoms with Crippen LogP contribution >= 0.6 is 15.9 Å². The predicted molar refractivity (Wildman–Crippen MR) is 30.6 cm³/mol. The molecule has 0 aliphatic heterocycles. The standard InChI is InChI=1S/C4H7BrO2.Ni/c1-3(2-5)4(6)7;/h3H,2H2,1H3,(H,6,7);. The number of aliphatic carboxylic acids is 1. The molecule has 0 radical (unpaired) electrons. The molecule has 0 aromatic heterocycles. The molecule has 52 valence electrons. The predicted octanol–water partition coefficient (Wildman–Crippen LogP) is 1.10. The Kier molecular flexibility index (Phi) is 7.86. The van der Waals surface area contributed by atoms with E-state index in [-0.39, 0.29) is 22.4 Å². The van der Waals surface area contributed by atoms with Crippen LogP contribution in [0.1, 0.15) is 6.92 Å². The summed E-state index contributed by atoms with van der Waals surface area (Å²) in [5.41, 5.74) is 0. The van der Waals surface area contributed by atoms with E-state index in [0.29, 0.717) is 5.33 Å². The Morgan fingerprint density at radius 1 is 1.88 bits per heavy atom. The van der Waals surface area contributed by atoms with E-state index in [4.69, 9.17) is 5.11 Å². The van der Waals surface area contributed by atoms with Gasteiger partial charge in [0.2, 0.25) is 0 Å². The zero-order chi connectivity index (χ0) is 5.86. The topological polar surface area (TPSA) is 37.3 Å². The molecule has 0 aliphatic carbocycles. The van der Waals surface area contributed by atoms with Crippen LogP contribution < -0.4 is 0 Å². The van der Waals surface area contributed by atoms with Gasteiger partial charge in [0.25, 0.3) is 0 Å². The van der Waals surface area contributed by atoms with Crippen LogP contribution in [0.5, 0.6) is 0 Å². The molecular weight excluding hydrogens is 219 g/mol. The average molecular weight is 226 g/mol. The fraction of sp³-hybridized carbons (Fsp3) is 0.750. The number of carboxylic acids is 1. The molecule has 0 aliphatic rings. The summed E-state index contributed by atoms with van der Waals surface area (Å²) in [6.07, 6.45) is 0. The van der Waals surface area contributed by atoms with Crippen molar-refractivity contribution in [2.75, 3.05) is 5.33 Å². The molecule has 0 fully saturated rings. The van der Waals surface area contributed by atoms with Crippen LogP contribution in [0.3, 0.4) is 0 Å². The average Bonchev–Trinajstić information content (AvgIpc) is 1.65. The maximum absolute atomic E-state index is 9.90. The van der Waals surface area contributed by atoms with E-state index in [1.807, 2.05) is 0 Å². The molecule has 4 heteroatoms. The Morgan fingerprint density at radius 3 is 2.25 bits per heavy atom. The molecule has 0 aromatic rings. The number of carbonyl (C=O) groups is 1. The Balaban J connectivity index is 0. The van der Waals surface area contributed by atoms with E-state index < -0.39 is 5.97 Å². The van der Waals surface area contributed by atoms with Crippen molar-refractivity contribution in [2.24, 2.45) is 5.92 Å². The first-order valence-corrected chi connectivity index (χ1v) is 3.09. The summed E-state index contributed by atoms with van der Waals surface area (Å²) in [7, 11) is 0. The van der Waals surface area contributed by atoms with Crippen molar-refractivity contribution in [3.8, 4) is 0 Å². The first kappa shape index (κ1) is 11.3. The third-order valence-corrected chi connectivity index (χ3v) is 1.62. The van der Waals surface area contributed by atoms with Gasteiger partial charge in [-0.2, -0.15) is 0 Å². The molecule has 0 spiro atoms. The number of rotatable bonds is 2. The molecule has 2 nitrogen and oxygen atoms in total. The Labute approximate surface area is 66.7 Å². The van der Waals surface area contributed by atoms with Gasteiger partial charge in [-0.15, -0.1) is 0 Å². The normalized spacial score (nSPS) is 11.8. The summed E-state index contributed by atoms with van der Waals surface area (Å²) in [5, 5.41) is 8.68. The fourth-order valence-electron chi connectivity index (χ4n) is 0.0660. The zero-order valence-electron chi connectivity index (χ0n) is 4.33. The number of hydrogen-bond donors (Lipinski definition) is 1. The van der Waals surface area contributed by atoms with Crippen LogP contribution in [0.2, 0.25) is 0 Å². The SMILES string of the molecule is CC(CBr)C(=O)O.[Ni]. The van der Waals surface area contributed by atoms with E-state index >= 15 is 0 Å². The minimum absolute atomic E-state index is 0. The van der Waals surface area contributed by atoms with Gasteiger partial charge in [-0.25, -0.2) is 0 Å². The van der Waals surface area contributed by atoms with Crippen LogP contribution in [0.25, 0.3) is 0 Å².